The predicted octanol–water partition coefficient (Wildman–Crippen LogP) is 2.59. The van der Waals surface area contributed by atoms with E-state index in [0.29, 0.717) is 12.3 Å². The molecular formula is C17H21N3O3S. The molecule has 1 aromatic carbocycles. The number of thioether (sulfide) groups is 1. The minimum absolute atomic E-state index is 0.0978. The summed E-state index contributed by atoms with van der Waals surface area (Å²) in [6.07, 6.45) is 3.59. The molecule has 1 aromatic heterocycles. The van der Waals surface area contributed by atoms with Crippen molar-refractivity contribution in [2.45, 2.75) is 25.5 Å². The van der Waals surface area contributed by atoms with Gasteiger partial charge < -0.3 is 14.2 Å². The monoisotopic (exact) mass is 347 g/mol. The average Bonchev–Trinajstić information content (AvgIpc) is 3.06. The second kappa shape index (κ2) is 9.12. The first-order valence-electron chi connectivity index (χ1n) is 7.80. The summed E-state index contributed by atoms with van der Waals surface area (Å²) in [5.41, 5.74) is 0.676. The highest BCUT2D eigenvalue weighted by Crippen LogP contribution is 2.19. The van der Waals surface area contributed by atoms with Gasteiger partial charge in [0.2, 0.25) is 5.91 Å². The van der Waals surface area contributed by atoms with E-state index < -0.39 is 5.97 Å². The molecule has 2 aromatic rings. The summed E-state index contributed by atoms with van der Waals surface area (Å²) in [5.74, 6) is -0.384. The lowest BCUT2D eigenvalue weighted by Crippen LogP contribution is -2.37. The standard InChI is InChI=1S/C17H21N3O3S/c1-3-19-11-10-18-17(19)24-13-15(21)20(12-16(22)23-4-2)14-8-6-5-7-9-14/h5-11H,3-4,12-13H2,1-2H3. The van der Waals surface area contributed by atoms with Crippen molar-refractivity contribution in [2.75, 3.05) is 23.8 Å². The number of carbonyl (C=O) groups is 2. The summed E-state index contributed by atoms with van der Waals surface area (Å²) < 4.78 is 6.94. The van der Waals surface area contributed by atoms with Crippen LogP contribution in [0.3, 0.4) is 0 Å². The number of aromatic nitrogens is 2. The highest BCUT2D eigenvalue weighted by Gasteiger charge is 2.20. The van der Waals surface area contributed by atoms with Gasteiger partial charge in [0.25, 0.3) is 0 Å². The summed E-state index contributed by atoms with van der Waals surface area (Å²) in [6.45, 7) is 4.75. The molecule has 2 rings (SSSR count). The van der Waals surface area contributed by atoms with Crippen molar-refractivity contribution in [3.63, 3.8) is 0 Å². The highest BCUT2D eigenvalue weighted by atomic mass is 32.2. The quantitative estimate of drug-likeness (QED) is 0.542. The van der Waals surface area contributed by atoms with Gasteiger partial charge in [0, 0.05) is 24.6 Å². The van der Waals surface area contributed by atoms with Crippen molar-refractivity contribution in [3.05, 3.63) is 42.7 Å². The minimum atomic E-state index is -0.422. The van der Waals surface area contributed by atoms with Gasteiger partial charge >= 0.3 is 5.97 Å². The van der Waals surface area contributed by atoms with Crippen LogP contribution in [0, 0.1) is 0 Å². The van der Waals surface area contributed by atoms with E-state index in [-0.39, 0.29) is 18.2 Å². The first-order valence-corrected chi connectivity index (χ1v) is 8.79. The fourth-order valence-electron chi connectivity index (χ4n) is 2.15. The van der Waals surface area contributed by atoms with E-state index in [0.717, 1.165) is 11.7 Å². The lowest BCUT2D eigenvalue weighted by Gasteiger charge is -2.21. The molecule has 0 fully saturated rings. The van der Waals surface area contributed by atoms with Crippen LogP contribution >= 0.6 is 11.8 Å². The number of aryl methyl sites for hydroxylation is 1. The van der Waals surface area contributed by atoms with E-state index in [1.54, 1.807) is 25.3 Å². The van der Waals surface area contributed by atoms with Crippen LogP contribution in [0.25, 0.3) is 0 Å². The third-order valence-corrected chi connectivity index (χ3v) is 4.29. The molecular weight excluding hydrogens is 326 g/mol. The Balaban J connectivity index is 2.08. The van der Waals surface area contributed by atoms with Crippen molar-refractivity contribution in [3.8, 4) is 0 Å². The molecule has 0 aliphatic heterocycles. The van der Waals surface area contributed by atoms with Crippen LogP contribution in [0.5, 0.6) is 0 Å². The van der Waals surface area contributed by atoms with E-state index in [1.165, 1.54) is 16.7 Å². The number of hydrogen-bond acceptors (Lipinski definition) is 5. The third kappa shape index (κ3) is 4.86. The number of hydrogen-bond donors (Lipinski definition) is 0. The van der Waals surface area contributed by atoms with Gasteiger partial charge in [-0.3, -0.25) is 9.59 Å². The molecule has 0 saturated heterocycles. The summed E-state index contributed by atoms with van der Waals surface area (Å²) in [7, 11) is 0. The lowest BCUT2D eigenvalue weighted by atomic mass is 10.3. The first kappa shape index (κ1) is 18.1. The van der Waals surface area contributed by atoms with Gasteiger partial charge in [0.1, 0.15) is 6.54 Å². The molecule has 1 amide bonds. The Hall–Kier alpha value is -2.28. The fraction of sp³-hybridized carbons (Fsp3) is 0.353. The molecule has 0 radical (unpaired) electrons. The number of ether oxygens (including phenoxy) is 1. The zero-order chi connectivity index (χ0) is 17.4. The zero-order valence-corrected chi connectivity index (χ0v) is 14.7. The van der Waals surface area contributed by atoms with Crippen molar-refractivity contribution in [2.24, 2.45) is 0 Å². The molecule has 0 N–H and O–H groups in total. The molecule has 0 bridgehead atoms. The molecule has 0 atom stereocenters. The molecule has 24 heavy (non-hydrogen) atoms. The summed E-state index contributed by atoms with van der Waals surface area (Å²) in [6, 6.07) is 9.13. The average molecular weight is 347 g/mol. The van der Waals surface area contributed by atoms with Gasteiger partial charge in [-0.1, -0.05) is 30.0 Å². The van der Waals surface area contributed by atoms with Crippen molar-refractivity contribution >= 4 is 29.3 Å². The van der Waals surface area contributed by atoms with Crippen molar-refractivity contribution < 1.29 is 14.3 Å². The number of imidazole rings is 1. The Morgan fingerprint density at radius 1 is 1.25 bits per heavy atom. The van der Waals surface area contributed by atoms with Gasteiger partial charge in [-0.2, -0.15) is 0 Å². The topological polar surface area (TPSA) is 64.4 Å². The Morgan fingerprint density at radius 2 is 2.00 bits per heavy atom. The van der Waals surface area contributed by atoms with Crippen molar-refractivity contribution in [1.29, 1.82) is 0 Å². The number of benzene rings is 1. The van der Waals surface area contributed by atoms with Crippen molar-refractivity contribution in [1.82, 2.24) is 9.55 Å². The summed E-state index contributed by atoms with van der Waals surface area (Å²) >= 11 is 1.36. The second-order valence-electron chi connectivity index (χ2n) is 4.90. The molecule has 0 aliphatic rings. The first-order chi connectivity index (χ1) is 11.7. The summed E-state index contributed by atoms with van der Waals surface area (Å²) in [4.78, 5) is 30.2. The van der Waals surface area contributed by atoms with Crippen LogP contribution in [-0.2, 0) is 20.9 Å². The van der Waals surface area contributed by atoms with E-state index in [4.69, 9.17) is 4.74 Å². The Bertz CT molecular complexity index is 673. The Kier molecular flexibility index (Phi) is 6.87. The van der Waals surface area contributed by atoms with Crippen LogP contribution in [0.2, 0.25) is 0 Å². The number of anilines is 1. The van der Waals surface area contributed by atoms with Gasteiger partial charge in [0.05, 0.1) is 12.4 Å². The number of amides is 1. The lowest BCUT2D eigenvalue weighted by molar-refractivity contribution is -0.142. The highest BCUT2D eigenvalue weighted by molar-refractivity contribution is 7.99. The second-order valence-corrected chi connectivity index (χ2v) is 5.85. The van der Waals surface area contributed by atoms with Crippen LogP contribution in [0.15, 0.2) is 47.9 Å². The van der Waals surface area contributed by atoms with E-state index in [1.807, 2.05) is 35.9 Å². The number of nitrogens with zero attached hydrogens (tertiary/aromatic N) is 3. The maximum Gasteiger partial charge on any atom is 0.326 e. The van der Waals surface area contributed by atoms with Crippen LogP contribution < -0.4 is 4.90 Å². The normalized spacial score (nSPS) is 10.4. The zero-order valence-electron chi connectivity index (χ0n) is 13.8. The number of para-hydroxylation sites is 1. The minimum Gasteiger partial charge on any atom is -0.465 e. The summed E-state index contributed by atoms with van der Waals surface area (Å²) in [5, 5.41) is 0.787. The van der Waals surface area contributed by atoms with Gasteiger partial charge in [0.15, 0.2) is 5.16 Å². The molecule has 6 nitrogen and oxygen atoms in total. The van der Waals surface area contributed by atoms with E-state index in [2.05, 4.69) is 4.98 Å². The van der Waals surface area contributed by atoms with E-state index >= 15 is 0 Å². The van der Waals surface area contributed by atoms with Gasteiger partial charge in [-0.05, 0) is 26.0 Å². The molecule has 0 unspecified atom stereocenters. The maximum atomic E-state index is 12.6. The Labute approximate surface area is 145 Å². The third-order valence-electron chi connectivity index (χ3n) is 3.30. The largest absolute Gasteiger partial charge is 0.465 e. The van der Waals surface area contributed by atoms with Crippen LogP contribution in [-0.4, -0.2) is 40.3 Å². The molecule has 128 valence electrons. The smallest absolute Gasteiger partial charge is 0.326 e. The molecule has 0 spiro atoms. The predicted molar refractivity (Wildman–Crippen MR) is 94.1 cm³/mol. The molecule has 0 saturated carbocycles. The van der Waals surface area contributed by atoms with Gasteiger partial charge in [-0.15, -0.1) is 0 Å². The van der Waals surface area contributed by atoms with Crippen LogP contribution in [0.1, 0.15) is 13.8 Å². The fourth-order valence-corrected chi connectivity index (χ4v) is 3.05. The molecule has 7 heteroatoms. The SMILES string of the molecule is CCOC(=O)CN(C(=O)CSc1nccn1CC)c1ccccc1. The maximum absolute atomic E-state index is 12.6. The van der Waals surface area contributed by atoms with E-state index in [9.17, 15) is 9.59 Å². The van der Waals surface area contributed by atoms with Gasteiger partial charge in [-0.25, -0.2) is 4.98 Å². The molecule has 0 aliphatic carbocycles. The Morgan fingerprint density at radius 3 is 2.67 bits per heavy atom. The van der Waals surface area contributed by atoms with Crippen LogP contribution in [0.4, 0.5) is 5.69 Å². The number of esters is 1. The molecule has 1 heterocycles. The number of rotatable bonds is 8. The number of carbonyl (C=O) groups excluding carboxylic acids is 2.